The number of hydrogen-bond donors (Lipinski definition) is 0. The second-order valence-corrected chi connectivity index (χ2v) is 4.48. The lowest BCUT2D eigenvalue weighted by molar-refractivity contribution is -0.0492. The number of hydrogen-bond acceptors (Lipinski definition) is 2. The van der Waals surface area contributed by atoms with E-state index in [1.165, 1.54) is 0 Å². The zero-order chi connectivity index (χ0) is 12.9. The van der Waals surface area contributed by atoms with Gasteiger partial charge in [0.1, 0.15) is 17.6 Å². The van der Waals surface area contributed by atoms with Crippen LogP contribution in [0.2, 0.25) is 0 Å². The van der Waals surface area contributed by atoms with Crippen LogP contribution in [0.25, 0.3) is 0 Å². The van der Waals surface area contributed by atoms with Crippen LogP contribution >= 0.6 is 12.0 Å². The van der Waals surface area contributed by atoms with Crippen LogP contribution in [0.4, 0.5) is 13.2 Å². The molecule has 0 saturated carbocycles. The summed E-state index contributed by atoms with van der Waals surface area (Å²) in [6.07, 6.45) is 0.993. The maximum atomic E-state index is 12.2. The van der Waals surface area contributed by atoms with Crippen LogP contribution in [0.5, 0.6) is 0 Å². The Hall–Kier alpha value is -0.680. The van der Waals surface area contributed by atoms with E-state index < -0.39 is 23.2 Å². The summed E-state index contributed by atoms with van der Waals surface area (Å²) in [6, 6.07) is 9.03. The molecule has 96 valence electrons. The van der Waals surface area contributed by atoms with Gasteiger partial charge < -0.3 is 0 Å². The summed E-state index contributed by atoms with van der Waals surface area (Å²) in [7, 11) is 0. The molecule has 0 aliphatic carbocycles. The van der Waals surface area contributed by atoms with Gasteiger partial charge in [-0.3, -0.25) is 4.18 Å². The summed E-state index contributed by atoms with van der Waals surface area (Å²) in [4.78, 5) is 0. The SMILES string of the molecule is CCC(CC)(OSC(F)(F)F)c1ccccc1. The average molecular weight is 264 g/mol. The number of benzene rings is 1. The highest BCUT2D eigenvalue weighted by Gasteiger charge is 2.37. The predicted molar refractivity (Wildman–Crippen MR) is 63.4 cm³/mol. The van der Waals surface area contributed by atoms with E-state index in [1.807, 2.05) is 19.9 Å². The molecule has 0 amide bonds. The van der Waals surface area contributed by atoms with Gasteiger partial charge in [-0.05, 0) is 18.4 Å². The van der Waals surface area contributed by atoms with Crippen molar-refractivity contribution in [3.8, 4) is 0 Å². The van der Waals surface area contributed by atoms with Crippen LogP contribution in [-0.4, -0.2) is 5.51 Å². The topological polar surface area (TPSA) is 9.23 Å². The summed E-state index contributed by atoms with van der Waals surface area (Å²) in [5.41, 5.74) is -4.46. The molecule has 0 radical (unpaired) electrons. The van der Waals surface area contributed by atoms with E-state index in [2.05, 4.69) is 0 Å². The summed E-state index contributed by atoms with van der Waals surface area (Å²) in [5.74, 6) is 0. The summed E-state index contributed by atoms with van der Waals surface area (Å²) < 4.78 is 41.7. The molecule has 5 heteroatoms. The molecule has 17 heavy (non-hydrogen) atoms. The van der Waals surface area contributed by atoms with Crippen LogP contribution in [0.15, 0.2) is 30.3 Å². The molecule has 1 nitrogen and oxygen atoms in total. The average Bonchev–Trinajstić information content (AvgIpc) is 2.31. The monoisotopic (exact) mass is 264 g/mol. The van der Waals surface area contributed by atoms with Gasteiger partial charge in [0.2, 0.25) is 0 Å². The van der Waals surface area contributed by atoms with Crippen LogP contribution < -0.4 is 0 Å². The molecule has 0 atom stereocenters. The Balaban J connectivity index is 2.90. The van der Waals surface area contributed by atoms with Crippen molar-refractivity contribution in [2.24, 2.45) is 0 Å². The highest BCUT2D eigenvalue weighted by atomic mass is 32.2. The molecule has 0 bridgehead atoms. The van der Waals surface area contributed by atoms with Gasteiger partial charge in [0, 0.05) is 0 Å². The van der Waals surface area contributed by atoms with Gasteiger partial charge in [-0.1, -0.05) is 44.2 Å². The fourth-order valence-electron chi connectivity index (χ4n) is 1.69. The third kappa shape index (κ3) is 3.92. The Bertz CT molecular complexity index is 333. The molecule has 0 aliphatic rings. The fourth-order valence-corrected chi connectivity index (χ4v) is 2.28. The molecule has 1 aromatic carbocycles. The third-order valence-corrected chi connectivity index (χ3v) is 3.33. The Morgan fingerprint density at radius 1 is 1.06 bits per heavy atom. The lowest BCUT2D eigenvalue weighted by atomic mass is 9.89. The van der Waals surface area contributed by atoms with Crippen LogP contribution in [0.3, 0.4) is 0 Å². The summed E-state index contributed by atoms with van der Waals surface area (Å²) in [5, 5.41) is 0. The fraction of sp³-hybridized carbons (Fsp3) is 0.500. The molecule has 1 rings (SSSR count). The Labute approximate surface area is 104 Å². The first-order valence-corrected chi connectivity index (χ1v) is 6.17. The van der Waals surface area contributed by atoms with Crippen molar-refractivity contribution in [2.45, 2.75) is 37.8 Å². The van der Waals surface area contributed by atoms with Crippen molar-refractivity contribution >= 4 is 12.0 Å². The van der Waals surface area contributed by atoms with E-state index in [9.17, 15) is 13.2 Å². The number of rotatable bonds is 5. The first-order chi connectivity index (χ1) is 7.93. The molecule has 1 aromatic rings. The first kappa shape index (κ1) is 14.4. The molecule has 0 unspecified atom stereocenters. The van der Waals surface area contributed by atoms with Crippen molar-refractivity contribution in [1.29, 1.82) is 0 Å². The van der Waals surface area contributed by atoms with Crippen molar-refractivity contribution in [3.05, 3.63) is 35.9 Å². The minimum absolute atomic E-state index is 0.415. The van der Waals surface area contributed by atoms with E-state index >= 15 is 0 Å². The summed E-state index contributed by atoms with van der Waals surface area (Å²) >= 11 is -0.415. The lowest BCUT2D eigenvalue weighted by Gasteiger charge is -2.31. The molecule has 0 heterocycles. The molecule has 0 N–H and O–H groups in total. The molecule has 0 fully saturated rings. The van der Waals surface area contributed by atoms with Crippen LogP contribution in [-0.2, 0) is 9.78 Å². The van der Waals surface area contributed by atoms with Gasteiger partial charge in [0.25, 0.3) is 0 Å². The minimum Gasteiger partial charge on any atom is -0.296 e. The van der Waals surface area contributed by atoms with Crippen LogP contribution in [0, 0.1) is 0 Å². The second kappa shape index (κ2) is 5.78. The first-order valence-electron chi connectivity index (χ1n) is 5.42. The van der Waals surface area contributed by atoms with Crippen LogP contribution in [0.1, 0.15) is 32.3 Å². The molecule has 0 aliphatic heterocycles. The van der Waals surface area contributed by atoms with Gasteiger partial charge in [0.15, 0.2) is 0 Å². The molecular formula is C12H15F3OS. The minimum atomic E-state index is -4.37. The smallest absolute Gasteiger partial charge is 0.296 e. The van der Waals surface area contributed by atoms with Gasteiger partial charge in [-0.15, -0.1) is 0 Å². The van der Waals surface area contributed by atoms with Crippen molar-refractivity contribution in [1.82, 2.24) is 0 Å². The Morgan fingerprint density at radius 3 is 2.00 bits per heavy atom. The Kier molecular flexibility index (Phi) is 4.89. The van der Waals surface area contributed by atoms with E-state index in [0.717, 1.165) is 5.56 Å². The predicted octanol–water partition coefficient (Wildman–Crippen LogP) is 4.89. The van der Waals surface area contributed by atoms with Gasteiger partial charge in [-0.2, -0.15) is 13.2 Å². The van der Waals surface area contributed by atoms with E-state index in [-0.39, 0.29) is 0 Å². The quantitative estimate of drug-likeness (QED) is 0.700. The maximum Gasteiger partial charge on any atom is 0.468 e. The van der Waals surface area contributed by atoms with E-state index in [1.54, 1.807) is 24.3 Å². The highest BCUT2D eigenvalue weighted by molar-refractivity contribution is 7.95. The van der Waals surface area contributed by atoms with E-state index in [0.29, 0.717) is 12.8 Å². The Morgan fingerprint density at radius 2 is 1.59 bits per heavy atom. The van der Waals surface area contributed by atoms with Crippen molar-refractivity contribution in [2.75, 3.05) is 0 Å². The zero-order valence-corrected chi connectivity index (χ0v) is 10.6. The zero-order valence-electron chi connectivity index (χ0n) is 9.75. The summed E-state index contributed by atoms with van der Waals surface area (Å²) in [6.45, 7) is 3.65. The molecular weight excluding hydrogens is 249 g/mol. The molecule has 0 aromatic heterocycles. The van der Waals surface area contributed by atoms with E-state index in [4.69, 9.17) is 4.18 Å². The maximum absolute atomic E-state index is 12.2. The van der Waals surface area contributed by atoms with Crippen molar-refractivity contribution in [3.63, 3.8) is 0 Å². The number of alkyl halides is 3. The largest absolute Gasteiger partial charge is 0.468 e. The third-order valence-electron chi connectivity index (χ3n) is 2.74. The normalized spacial score (nSPS) is 12.8. The number of halogens is 3. The second-order valence-electron chi connectivity index (χ2n) is 3.68. The van der Waals surface area contributed by atoms with Gasteiger partial charge in [0.05, 0.1) is 0 Å². The van der Waals surface area contributed by atoms with Crippen molar-refractivity contribution < 1.29 is 17.4 Å². The van der Waals surface area contributed by atoms with Gasteiger partial charge >= 0.3 is 5.51 Å². The van der Waals surface area contributed by atoms with Gasteiger partial charge in [-0.25, -0.2) is 0 Å². The lowest BCUT2D eigenvalue weighted by Crippen LogP contribution is -2.27. The highest BCUT2D eigenvalue weighted by Crippen LogP contribution is 2.42. The molecule has 0 saturated heterocycles. The molecule has 0 spiro atoms. The standard InChI is InChI=1S/C12H15F3OS/c1-3-11(4-2,16-17-12(13,14)15)10-8-6-5-7-9-10/h5-9H,3-4H2,1-2H3.